The van der Waals surface area contributed by atoms with Gasteiger partial charge in [0.25, 0.3) is 0 Å². The van der Waals surface area contributed by atoms with Crippen LogP contribution in [0.5, 0.6) is 0 Å². The minimum absolute atomic E-state index is 0.00236. The monoisotopic (exact) mass is 212 g/mol. The Balaban J connectivity index is 1.64. The van der Waals surface area contributed by atoms with Crippen LogP contribution >= 0.6 is 0 Å². The minimum atomic E-state index is -0.262. The summed E-state index contributed by atoms with van der Waals surface area (Å²) < 4.78 is 17.6. The van der Waals surface area contributed by atoms with Gasteiger partial charge in [-0.2, -0.15) is 0 Å². The van der Waals surface area contributed by atoms with Crippen molar-refractivity contribution in [3.05, 3.63) is 0 Å². The number of rotatable bonds is 2. The molecular weight excluding hydrogens is 192 g/mol. The van der Waals surface area contributed by atoms with E-state index in [9.17, 15) is 0 Å². The standard InChI is InChI=1S/C12H20O3/c1-2-8-13-11(5-1)15-12-7-3-4-10(12)6-9-14-12/h10-11H,1-9H2. The lowest BCUT2D eigenvalue weighted by atomic mass is 10.0. The normalized spacial score (nSPS) is 45.6. The molecule has 3 rings (SSSR count). The molecule has 0 bridgehead atoms. The van der Waals surface area contributed by atoms with E-state index in [1.54, 1.807) is 0 Å². The Bertz CT molecular complexity index is 213. The van der Waals surface area contributed by atoms with E-state index in [0.29, 0.717) is 5.92 Å². The van der Waals surface area contributed by atoms with E-state index in [1.165, 1.54) is 32.1 Å². The van der Waals surface area contributed by atoms with Crippen LogP contribution in [0.1, 0.15) is 44.9 Å². The van der Waals surface area contributed by atoms with Crippen LogP contribution in [-0.4, -0.2) is 25.3 Å². The molecule has 3 atom stereocenters. The van der Waals surface area contributed by atoms with Crippen molar-refractivity contribution in [3.63, 3.8) is 0 Å². The first kappa shape index (κ1) is 10.1. The molecule has 86 valence electrons. The third kappa shape index (κ3) is 1.81. The summed E-state index contributed by atoms with van der Waals surface area (Å²) in [5, 5.41) is 0. The summed E-state index contributed by atoms with van der Waals surface area (Å²) in [5.41, 5.74) is 0. The van der Waals surface area contributed by atoms with E-state index in [-0.39, 0.29) is 12.1 Å². The zero-order valence-corrected chi connectivity index (χ0v) is 9.24. The molecule has 0 spiro atoms. The SMILES string of the molecule is C1CCC(OC23CCCC2CCO3)OC1. The summed E-state index contributed by atoms with van der Waals surface area (Å²) >= 11 is 0. The van der Waals surface area contributed by atoms with Gasteiger partial charge in [0, 0.05) is 18.9 Å². The topological polar surface area (TPSA) is 27.7 Å². The average Bonchev–Trinajstić information content (AvgIpc) is 2.78. The molecule has 3 aliphatic rings. The highest BCUT2D eigenvalue weighted by molar-refractivity contribution is 4.91. The van der Waals surface area contributed by atoms with Crippen molar-refractivity contribution in [3.8, 4) is 0 Å². The van der Waals surface area contributed by atoms with Gasteiger partial charge in [0.15, 0.2) is 12.1 Å². The highest BCUT2D eigenvalue weighted by Crippen LogP contribution is 2.47. The molecular formula is C12H20O3. The van der Waals surface area contributed by atoms with Crippen molar-refractivity contribution >= 4 is 0 Å². The summed E-state index contributed by atoms with van der Waals surface area (Å²) in [5.74, 6) is 0.366. The highest BCUT2D eigenvalue weighted by atomic mass is 16.8. The zero-order chi connectivity index (χ0) is 10.1. The maximum Gasteiger partial charge on any atom is 0.174 e. The van der Waals surface area contributed by atoms with Gasteiger partial charge >= 0.3 is 0 Å². The molecule has 3 unspecified atom stereocenters. The van der Waals surface area contributed by atoms with E-state index >= 15 is 0 Å². The molecule has 3 fully saturated rings. The lowest BCUT2D eigenvalue weighted by Crippen LogP contribution is -2.40. The number of hydrogen-bond acceptors (Lipinski definition) is 3. The Morgan fingerprint density at radius 1 is 1.00 bits per heavy atom. The first-order chi connectivity index (χ1) is 7.39. The fourth-order valence-corrected chi connectivity index (χ4v) is 3.16. The van der Waals surface area contributed by atoms with E-state index in [1.807, 2.05) is 0 Å². The molecule has 3 heteroatoms. The van der Waals surface area contributed by atoms with Crippen molar-refractivity contribution < 1.29 is 14.2 Å². The van der Waals surface area contributed by atoms with Crippen LogP contribution in [0.25, 0.3) is 0 Å². The Morgan fingerprint density at radius 3 is 2.87 bits per heavy atom. The molecule has 1 saturated carbocycles. The maximum atomic E-state index is 6.12. The van der Waals surface area contributed by atoms with Gasteiger partial charge in [-0.05, 0) is 38.5 Å². The van der Waals surface area contributed by atoms with Crippen LogP contribution in [0.4, 0.5) is 0 Å². The number of ether oxygens (including phenoxy) is 3. The summed E-state index contributed by atoms with van der Waals surface area (Å²) in [6, 6.07) is 0. The van der Waals surface area contributed by atoms with Crippen LogP contribution < -0.4 is 0 Å². The summed E-state index contributed by atoms with van der Waals surface area (Å²) in [7, 11) is 0. The van der Waals surface area contributed by atoms with Gasteiger partial charge < -0.3 is 14.2 Å². The summed E-state index contributed by atoms with van der Waals surface area (Å²) in [4.78, 5) is 0. The molecule has 0 aromatic rings. The lowest BCUT2D eigenvalue weighted by Gasteiger charge is -2.34. The van der Waals surface area contributed by atoms with Crippen LogP contribution in [-0.2, 0) is 14.2 Å². The maximum absolute atomic E-state index is 6.12. The minimum Gasteiger partial charge on any atom is -0.353 e. The molecule has 2 saturated heterocycles. The molecule has 0 N–H and O–H groups in total. The van der Waals surface area contributed by atoms with E-state index in [4.69, 9.17) is 14.2 Å². The molecule has 1 aliphatic carbocycles. The van der Waals surface area contributed by atoms with Gasteiger partial charge in [0.2, 0.25) is 0 Å². The largest absolute Gasteiger partial charge is 0.353 e. The van der Waals surface area contributed by atoms with Gasteiger partial charge in [0.1, 0.15) is 0 Å². The van der Waals surface area contributed by atoms with Crippen LogP contribution in [0.2, 0.25) is 0 Å². The third-order valence-electron chi connectivity index (χ3n) is 3.98. The first-order valence-electron chi connectivity index (χ1n) is 6.32. The molecule has 0 aromatic carbocycles. The van der Waals surface area contributed by atoms with Crippen molar-refractivity contribution in [1.29, 1.82) is 0 Å². The molecule has 2 heterocycles. The van der Waals surface area contributed by atoms with Crippen LogP contribution in [0, 0.1) is 5.92 Å². The van der Waals surface area contributed by atoms with Crippen molar-refractivity contribution in [1.82, 2.24) is 0 Å². The zero-order valence-electron chi connectivity index (χ0n) is 9.24. The predicted molar refractivity (Wildman–Crippen MR) is 55.3 cm³/mol. The second-order valence-corrected chi connectivity index (χ2v) is 4.95. The smallest absolute Gasteiger partial charge is 0.174 e. The Morgan fingerprint density at radius 2 is 2.00 bits per heavy atom. The van der Waals surface area contributed by atoms with Crippen LogP contribution in [0.15, 0.2) is 0 Å². The van der Waals surface area contributed by atoms with Crippen molar-refractivity contribution in [2.24, 2.45) is 5.92 Å². The van der Waals surface area contributed by atoms with Gasteiger partial charge in [-0.3, -0.25) is 0 Å². The Kier molecular flexibility index (Phi) is 2.71. The van der Waals surface area contributed by atoms with Crippen molar-refractivity contribution in [2.75, 3.05) is 13.2 Å². The van der Waals surface area contributed by atoms with Crippen LogP contribution in [0.3, 0.4) is 0 Å². The summed E-state index contributed by atoms with van der Waals surface area (Å²) in [6.07, 6.45) is 8.20. The van der Waals surface area contributed by atoms with Crippen molar-refractivity contribution in [2.45, 2.75) is 57.0 Å². The van der Waals surface area contributed by atoms with Gasteiger partial charge in [-0.1, -0.05) is 0 Å². The quantitative estimate of drug-likeness (QED) is 0.703. The number of hydrogen-bond donors (Lipinski definition) is 0. The molecule has 0 aromatic heterocycles. The van der Waals surface area contributed by atoms with E-state index < -0.39 is 0 Å². The van der Waals surface area contributed by atoms with E-state index in [2.05, 4.69) is 0 Å². The fraction of sp³-hybridized carbons (Fsp3) is 1.00. The molecule has 3 nitrogen and oxygen atoms in total. The molecule has 0 radical (unpaired) electrons. The fourth-order valence-electron chi connectivity index (χ4n) is 3.16. The number of fused-ring (bicyclic) bond motifs is 1. The molecule has 0 amide bonds. The van der Waals surface area contributed by atoms with E-state index in [0.717, 1.165) is 26.1 Å². The average molecular weight is 212 g/mol. The van der Waals surface area contributed by atoms with Gasteiger partial charge in [0.05, 0.1) is 6.61 Å². The third-order valence-corrected chi connectivity index (χ3v) is 3.98. The Labute approximate surface area is 91.1 Å². The first-order valence-corrected chi connectivity index (χ1v) is 6.32. The second kappa shape index (κ2) is 4.04. The second-order valence-electron chi connectivity index (χ2n) is 4.95. The highest BCUT2D eigenvalue weighted by Gasteiger charge is 2.50. The lowest BCUT2D eigenvalue weighted by molar-refractivity contribution is -0.308. The van der Waals surface area contributed by atoms with Gasteiger partial charge in [-0.15, -0.1) is 0 Å². The van der Waals surface area contributed by atoms with Gasteiger partial charge in [-0.25, -0.2) is 0 Å². The predicted octanol–water partition coefficient (Wildman–Crippen LogP) is 2.45. The Hall–Kier alpha value is -0.120. The molecule has 2 aliphatic heterocycles. The molecule has 15 heavy (non-hydrogen) atoms. The summed E-state index contributed by atoms with van der Waals surface area (Å²) in [6.45, 7) is 1.72.